The lowest BCUT2D eigenvalue weighted by atomic mass is 9.98. The molecule has 0 aromatic heterocycles. The van der Waals surface area contributed by atoms with Crippen LogP contribution in [-0.2, 0) is 13.1 Å². The molecule has 0 radical (unpaired) electrons. The van der Waals surface area contributed by atoms with E-state index in [2.05, 4.69) is 35.3 Å². The van der Waals surface area contributed by atoms with Crippen LogP contribution in [-0.4, -0.2) is 31.1 Å². The predicted molar refractivity (Wildman–Crippen MR) is 77.3 cm³/mol. The lowest BCUT2D eigenvalue weighted by molar-refractivity contribution is 0.146. The number of nitrogens with one attached hydrogen (secondary N) is 1. The van der Waals surface area contributed by atoms with Crippen LogP contribution in [0.5, 0.6) is 5.75 Å². The Morgan fingerprint density at radius 3 is 2.79 bits per heavy atom. The highest BCUT2D eigenvalue weighted by atomic mass is 16.5. The molecule has 0 saturated carbocycles. The van der Waals surface area contributed by atoms with Gasteiger partial charge in [-0.15, -0.1) is 0 Å². The van der Waals surface area contributed by atoms with Gasteiger partial charge in [0.2, 0.25) is 0 Å². The van der Waals surface area contributed by atoms with Crippen molar-refractivity contribution in [2.45, 2.75) is 32.9 Å². The molecule has 0 spiro atoms. The molecule has 19 heavy (non-hydrogen) atoms. The second-order valence-corrected chi connectivity index (χ2v) is 5.72. The second kappa shape index (κ2) is 5.93. The summed E-state index contributed by atoms with van der Waals surface area (Å²) in [4.78, 5) is 2.53. The smallest absolute Gasteiger partial charge is 0.119 e. The van der Waals surface area contributed by atoms with Crippen molar-refractivity contribution in [3.05, 3.63) is 29.3 Å². The van der Waals surface area contributed by atoms with Crippen LogP contribution in [0.3, 0.4) is 0 Å². The van der Waals surface area contributed by atoms with Crippen LogP contribution in [0.15, 0.2) is 18.2 Å². The van der Waals surface area contributed by atoms with Crippen LogP contribution >= 0.6 is 0 Å². The fourth-order valence-electron chi connectivity index (χ4n) is 3.04. The van der Waals surface area contributed by atoms with Gasteiger partial charge in [-0.05, 0) is 61.7 Å². The third-order valence-electron chi connectivity index (χ3n) is 4.45. The maximum atomic E-state index is 5.99. The quantitative estimate of drug-likeness (QED) is 0.899. The van der Waals surface area contributed by atoms with Crippen molar-refractivity contribution in [3.63, 3.8) is 0 Å². The van der Waals surface area contributed by atoms with Crippen LogP contribution < -0.4 is 10.1 Å². The standard InChI is InChI=1S/C16H24N2O/c1-2-18-7-5-13(6-8-18)12-19-16-4-3-14-10-17-11-15(14)9-16/h3-4,9,13,17H,2,5-8,10-12H2,1H3. The van der Waals surface area contributed by atoms with Gasteiger partial charge < -0.3 is 15.0 Å². The highest BCUT2D eigenvalue weighted by Gasteiger charge is 2.18. The summed E-state index contributed by atoms with van der Waals surface area (Å²) in [5.41, 5.74) is 2.82. The molecule has 1 saturated heterocycles. The number of rotatable bonds is 4. The minimum atomic E-state index is 0.731. The van der Waals surface area contributed by atoms with Crippen molar-refractivity contribution < 1.29 is 4.74 Å². The van der Waals surface area contributed by atoms with Gasteiger partial charge in [0.25, 0.3) is 0 Å². The summed E-state index contributed by atoms with van der Waals surface area (Å²) in [6.45, 7) is 8.77. The van der Waals surface area contributed by atoms with Crippen molar-refractivity contribution in [1.29, 1.82) is 0 Å². The summed E-state index contributed by atoms with van der Waals surface area (Å²) in [6.07, 6.45) is 2.56. The van der Waals surface area contributed by atoms with E-state index in [-0.39, 0.29) is 0 Å². The van der Waals surface area contributed by atoms with E-state index in [9.17, 15) is 0 Å². The van der Waals surface area contributed by atoms with Gasteiger partial charge in [-0.3, -0.25) is 0 Å². The van der Waals surface area contributed by atoms with Gasteiger partial charge in [0.05, 0.1) is 6.61 Å². The third kappa shape index (κ3) is 3.10. The molecular formula is C16H24N2O. The highest BCUT2D eigenvalue weighted by Crippen LogP contribution is 2.23. The second-order valence-electron chi connectivity index (χ2n) is 5.72. The summed E-state index contributed by atoms with van der Waals surface area (Å²) in [5, 5.41) is 3.37. The van der Waals surface area contributed by atoms with Crippen molar-refractivity contribution in [2.75, 3.05) is 26.2 Å². The van der Waals surface area contributed by atoms with Gasteiger partial charge in [-0.1, -0.05) is 13.0 Å². The van der Waals surface area contributed by atoms with Gasteiger partial charge in [-0.25, -0.2) is 0 Å². The van der Waals surface area contributed by atoms with Gasteiger partial charge in [0.15, 0.2) is 0 Å². The first-order valence-electron chi connectivity index (χ1n) is 7.53. The third-order valence-corrected chi connectivity index (χ3v) is 4.45. The summed E-state index contributed by atoms with van der Waals surface area (Å²) >= 11 is 0. The zero-order chi connectivity index (χ0) is 13.1. The number of hydrogen-bond acceptors (Lipinski definition) is 3. The van der Waals surface area contributed by atoms with Gasteiger partial charge in [0, 0.05) is 13.1 Å². The number of ether oxygens (including phenoxy) is 1. The largest absolute Gasteiger partial charge is 0.493 e. The first-order valence-corrected chi connectivity index (χ1v) is 7.53. The molecule has 2 aliphatic heterocycles. The van der Waals surface area contributed by atoms with Gasteiger partial charge in [0.1, 0.15) is 5.75 Å². The number of piperidine rings is 1. The molecule has 3 nitrogen and oxygen atoms in total. The predicted octanol–water partition coefficient (Wildman–Crippen LogP) is 2.40. The Morgan fingerprint density at radius 2 is 2.00 bits per heavy atom. The molecule has 0 aliphatic carbocycles. The molecular weight excluding hydrogens is 236 g/mol. The Morgan fingerprint density at radius 1 is 1.21 bits per heavy atom. The molecule has 0 unspecified atom stereocenters. The Labute approximate surface area is 115 Å². The zero-order valence-corrected chi connectivity index (χ0v) is 11.8. The summed E-state index contributed by atoms with van der Waals surface area (Å²) < 4.78 is 5.99. The molecule has 2 aliphatic rings. The Hall–Kier alpha value is -1.06. The molecule has 0 atom stereocenters. The molecule has 1 N–H and O–H groups in total. The topological polar surface area (TPSA) is 24.5 Å². The van der Waals surface area contributed by atoms with Crippen molar-refractivity contribution in [3.8, 4) is 5.75 Å². The lowest BCUT2D eigenvalue weighted by Gasteiger charge is -2.30. The van der Waals surface area contributed by atoms with Crippen LogP contribution in [0, 0.1) is 5.92 Å². The van der Waals surface area contributed by atoms with Gasteiger partial charge in [-0.2, -0.15) is 0 Å². The Balaban J connectivity index is 1.50. The minimum absolute atomic E-state index is 0.731. The van der Waals surface area contributed by atoms with Crippen LogP contribution in [0.1, 0.15) is 30.9 Å². The first kappa shape index (κ1) is 12.9. The van der Waals surface area contributed by atoms with Crippen molar-refractivity contribution in [1.82, 2.24) is 10.2 Å². The van der Waals surface area contributed by atoms with E-state index >= 15 is 0 Å². The zero-order valence-electron chi connectivity index (χ0n) is 11.8. The van der Waals surface area contributed by atoms with Crippen LogP contribution in [0.25, 0.3) is 0 Å². The van der Waals surface area contributed by atoms with Crippen LogP contribution in [0.2, 0.25) is 0 Å². The Kier molecular flexibility index (Phi) is 4.04. The average Bonchev–Trinajstić information content (AvgIpc) is 2.93. The number of nitrogens with zero attached hydrogens (tertiary/aromatic N) is 1. The SMILES string of the molecule is CCN1CCC(COc2ccc3c(c2)CNC3)CC1. The number of hydrogen-bond donors (Lipinski definition) is 1. The summed E-state index contributed by atoms with van der Waals surface area (Å²) in [7, 11) is 0. The van der Waals surface area contributed by atoms with E-state index in [1.54, 1.807) is 0 Å². The normalized spacial score (nSPS) is 20.5. The molecule has 1 fully saturated rings. The van der Waals surface area contributed by atoms with E-state index in [1.165, 1.54) is 43.6 Å². The maximum Gasteiger partial charge on any atom is 0.119 e. The minimum Gasteiger partial charge on any atom is -0.493 e. The van der Waals surface area contributed by atoms with E-state index in [4.69, 9.17) is 4.74 Å². The van der Waals surface area contributed by atoms with E-state index in [0.717, 1.165) is 31.4 Å². The molecule has 104 valence electrons. The van der Waals surface area contributed by atoms with Crippen molar-refractivity contribution >= 4 is 0 Å². The molecule has 3 rings (SSSR count). The van der Waals surface area contributed by atoms with Gasteiger partial charge >= 0.3 is 0 Å². The molecule has 0 bridgehead atoms. The Bertz CT molecular complexity index is 425. The molecule has 0 amide bonds. The van der Waals surface area contributed by atoms with E-state index in [0.29, 0.717) is 0 Å². The average molecular weight is 260 g/mol. The molecule has 3 heteroatoms. The summed E-state index contributed by atoms with van der Waals surface area (Å²) in [6, 6.07) is 6.52. The molecule has 1 aromatic carbocycles. The molecule has 1 aromatic rings. The lowest BCUT2D eigenvalue weighted by Crippen LogP contribution is -2.35. The molecule has 2 heterocycles. The first-order chi connectivity index (χ1) is 9.35. The summed E-state index contributed by atoms with van der Waals surface area (Å²) in [5.74, 6) is 1.77. The highest BCUT2D eigenvalue weighted by molar-refractivity contribution is 5.37. The number of fused-ring (bicyclic) bond motifs is 1. The number of benzene rings is 1. The fraction of sp³-hybridized carbons (Fsp3) is 0.625. The number of likely N-dealkylation sites (tertiary alicyclic amines) is 1. The van der Waals surface area contributed by atoms with Crippen LogP contribution in [0.4, 0.5) is 0 Å². The van der Waals surface area contributed by atoms with E-state index in [1.807, 2.05) is 0 Å². The maximum absolute atomic E-state index is 5.99. The van der Waals surface area contributed by atoms with Crippen molar-refractivity contribution in [2.24, 2.45) is 5.92 Å². The van der Waals surface area contributed by atoms with E-state index < -0.39 is 0 Å². The monoisotopic (exact) mass is 260 g/mol. The fourth-order valence-corrected chi connectivity index (χ4v) is 3.04.